The number of hydrazine groups is 1. The number of thioether (sulfide) groups is 1. The number of hydrogen-bond acceptors (Lipinski definition) is 11. The topological polar surface area (TPSA) is 125 Å². The summed E-state index contributed by atoms with van der Waals surface area (Å²) in [5.41, 5.74) is 2.00. The van der Waals surface area contributed by atoms with Gasteiger partial charge in [-0.3, -0.25) is 0 Å². The van der Waals surface area contributed by atoms with Crippen molar-refractivity contribution in [3.05, 3.63) is 71.4 Å². The van der Waals surface area contributed by atoms with Crippen LogP contribution in [0.5, 0.6) is 17.4 Å². The molecule has 4 rings (SSSR count). The molecule has 0 amide bonds. The van der Waals surface area contributed by atoms with Crippen LogP contribution < -0.4 is 19.0 Å². The summed E-state index contributed by atoms with van der Waals surface area (Å²) in [6, 6.07) is 10.5. The highest BCUT2D eigenvalue weighted by atomic mass is 32.2. The van der Waals surface area contributed by atoms with Crippen molar-refractivity contribution in [1.82, 2.24) is 24.8 Å². The van der Waals surface area contributed by atoms with Gasteiger partial charge in [0.1, 0.15) is 28.7 Å². The van der Waals surface area contributed by atoms with Crippen molar-refractivity contribution in [3.8, 4) is 17.4 Å². The Bertz CT molecular complexity index is 1350. The smallest absolute Gasteiger partial charge is 0.230 e. The first-order chi connectivity index (χ1) is 18.7. The second-order valence-corrected chi connectivity index (χ2v) is 12.0. The summed E-state index contributed by atoms with van der Waals surface area (Å²) in [6.07, 6.45) is 2.39. The quantitative estimate of drug-likeness (QED) is 0.360. The van der Waals surface area contributed by atoms with Crippen molar-refractivity contribution >= 4 is 21.8 Å². The zero-order valence-electron chi connectivity index (χ0n) is 22.7. The van der Waals surface area contributed by atoms with E-state index in [0.29, 0.717) is 40.2 Å². The Kier molecular flexibility index (Phi) is 9.28. The average molecular weight is 576 g/mol. The molecule has 0 spiro atoms. The number of nitrogens with one attached hydrogen (secondary N) is 1. The summed E-state index contributed by atoms with van der Waals surface area (Å²) in [4.78, 5) is 15.9. The van der Waals surface area contributed by atoms with Crippen molar-refractivity contribution in [3.63, 3.8) is 0 Å². The first-order valence-corrected chi connectivity index (χ1v) is 14.8. The van der Waals surface area contributed by atoms with Gasteiger partial charge in [-0.2, -0.15) is 0 Å². The van der Waals surface area contributed by atoms with Gasteiger partial charge in [0, 0.05) is 31.1 Å². The lowest BCUT2D eigenvalue weighted by molar-refractivity contribution is 0.0997. The van der Waals surface area contributed by atoms with Crippen LogP contribution in [-0.2, 0) is 14.8 Å². The van der Waals surface area contributed by atoms with E-state index in [-0.39, 0.29) is 5.25 Å². The lowest BCUT2D eigenvalue weighted by atomic mass is 9.98. The molecule has 0 saturated carbocycles. The number of aryl methyl sites for hydroxylation is 1. The Labute approximate surface area is 233 Å². The Morgan fingerprint density at radius 1 is 1.00 bits per heavy atom. The molecule has 4 atom stereocenters. The van der Waals surface area contributed by atoms with Crippen LogP contribution in [0.1, 0.15) is 47.0 Å². The van der Waals surface area contributed by atoms with E-state index < -0.39 is 27.4 Å². The van der Waals surface area contributed by atoms with Crippen molar-refractivity contribution in [2.45, 2.75) is 36.5 Å². The van der Waals surface area contributed by atoms with Gasteiger partial charge in [-0.25, -0.2) is 28.4 Å². The minimum atomic E-state index is -3.96. The van der Waals surface area contributed by atoms with Crippen molar-refractivity contribution in [1.29, 1.82) is 0 Å². The standard InChI is InChI=1S/C26H33N5O6S2/c1-16(25(37-6)18-13-27-17(2)28-14-18)39(32,33)30-31-15-38-26(19-9-7-12-22(29-19)36-5)24(31)23-20(34-3)10-8-11-21(23)35-4/h7-14,16,24-26,30H,15H2,1-6H3/t16-,24?,25-,26?/m1/s1. The number of rotatable bonds is 11. The molecule has 3 aromatic rings. The molecule has 0 bridgehead atoms. The first-order valence-electron chi connectivity index (χ1n) is 12.2. The van der Waals surface area contributed by atoms with Gasteiger partial charge in [0.15, 0.2) is 0 Å². The normalized spacial score (nSPS) is 19.4. The number of ether oxygens (including phenoxy) is 4. The molecule has 0 aliphatic carbocycles. The third kappa shape index (κ3) is 6.12. The fourth-order valence-corrected chi connectivity index (χ4v) is 7.23. The Balaban J connectivity index is 1.74. The monoisotopic (exact) mass is 575 g/mol. The van der Waals surface area contributed by atoms with Gasteiger partial charge in [-0.05, 0) is 32.0 Å². The number of nitrogens with zero attached hydrogens (tertiary/aromatic N) is 4. The van der Waals surface area contributed by atoms with Gasteiger partial charge < -0.3 is 18.9 Å². The molecule has 1 aliphatic heterocycles. The second-order valence-electron chi connectivity index (χ2n) is 8.87. The molecule has 1 aromatic carbocycles. The van der Waals surface area contributed by atoms with E-state index >= 15 is 0 Å². The summed E-state index contributed by atoms with van der Waals surface area (Å²) >= 11 is 1.55. The van der Waals surface area contributed by atoms with Gasteiger partial charge in [-0.1, -0.05) is 12.1 Å². The predicted molar refractivity (Wildman–Crippen MR) is 148 cm³/mol. The second kappa shape index (κ2) is 12.5. The van der Waals surface area contributed by atoms with Crippen LogP contribution in [0.2, 0.25) is 0 Å². The van der Waals surface area contributed by atoms with E-state index in [0.717, 1.165) is 5.69 Å². The van der Waals surface area contributed by atoms with Gasteiger partial charge >= 0.3 is 0 Å². The molecule has 1 fully saturated rings. The van der Waals surface area contributed by atoms with E-state index in [1.165, 1.54) is 7.11 Å². The van der Waals surface area contributed by atoms with Gasteiger partial charge in [0.05, 0.1) is 49.8 Å². The molecular weight excluding hydrogens is 542 g/mol. The molecule has 39 heavy (non-hydrogen) atoms. The van der Waals surface area contributed by atoms with Crippen molar-refractivity contribution in [2.75, 3.05) is 34.3 Å². The predicted octanol–water partition coefficient (Wildman–Crippen LogP) is 3.61. The molecule has 1 N–H and O–H groups in total. The van der Waals surface area contributed by atoms with Crippen molar-refractivity contribution < 1.29 is 27.4 Å². The molecule has 3 heterocycles. The van der Waals surface area contributed by atoms with E-state index in [1.807, 2.05) is 30.3 Å². The van der Waals surface area contributed by atoms with Gasteiger partial charge in [0.25, 0.3) is 0 Å². The first kappa shape index (κ1) is 29.0. The number of methoxy groups -OCH3 is 4. The minimum Gasteiger partial charge on any atom is -0.496 e. The van der Waals surface area contributed by atoms with Crippen LogP contribution in [0.25, 0.3) is 0 Å². The maximum Gasteiger partial charge on any atom is 0.230 e. The van der Waals surface area contributed by atoms with Crippen LogP contribution >= 0.6 is 11.8 Å². The Morgan fingerprint density at radius 3 is 2.23 bits per heavy atom. The number of benzene rings is 1. The largest absolute Gasteiger partial charge is 0.496 e. The average Bonchev–Trinajstić information content (AvgIpc) is 3.35. The van der Waals surface area contributed by atoms with E-state index in [9.17, 15) is 8.42 Å². The molecule has 210 valence electrons. The zero-order chi connectivity index (χ0) is 28.2. The van der Waals surface area contributed by atoms with Crippen LogP contribution in [0.3, 0.4) is 0 Å². The highest BCUT2D eigenvalue weighted by Gasteiger charge is 2.44. The summed E-state index contributed by atoms with van der Waals surface area (Å²) in [5, 5.41) is 0.446. The van der Waals surface area contributed by atoms with Crippen LogP contribution in [0.4, 0.5) is 0 Å². The van der Waals surface area contributed by atoms with Crippen LogP contribution in [-0.4, -0.2) is 67.9 Å². The van der Waals surface area contributed by atoms with E-state index in [2.05, 4.69) is 19.8 Å². The van der Waals surface area contributed by atoms with Gasteiger partial charge in [-0.15, -0.1) is 16.6 Å². The molecular formula is C26H33N5O6S2. The molecule has 13 heteroatoms. The zero-order valence-corrected chi connectivity index (χ0v) is 24.3. The third-order valence-corrected chi connectivity index (χ3v) is 9.57. The molecule has 1 aliphatic rings. The van der Waals surface area contributed by atoms with Crippen LogP contribution in [0.15, 0.2) is 48.8 Å². The van der Waals surface area contributed by atoms with Crippen molar-refractivity contribution in [2.24, 2.45) is 0 Å². The lowest BCUT2D eigenvalue weighted by Gasteiger charge is -2.31. The Morgan fingerprint density at radius 2 is 1.64 bits per heavy atom. The minimum absolute atomic E-state index is 0.271. The fraction of sp³-hybridized carbons (Fsp3) is 0.423. The maximum atomic E-state index is 13.8. The van der Waals surface area contributed by atoms with E-state index in [4.69, 9.17) is 18.9 Å². The summed E-state index contributed by atoms with van der Waals surface area (Å²) < 4.78 is 49.9. The molecule has 2 unspecified atom stereocenters. The molecule has 0 radical (unpaired) electrons. The number of pyridine rings is 1. The highest BCUT2D eigenvalue weighted by Crippen LogP contribution is 2.53. The number of hydrogen-bond donors (Lipinski definition) is 1. The molecule has 11 nitrogen and oxygen atoms in total. The summed E-state index contributed by atoms with van der Waals surface area (Å²) in [5.74, 6) is 2.53. The number of sulfonamides is 1. The van der Waals surface area contributed by atoms with Crippen LogP contribution in [0, 0.1) is 6.92 Å². The maximum absolute atomic E-state index is 13.8. The molecule has 1 saturated heterocycles. The lowest BCUT2D eigenvalue weighted by Crippen LogP contribution is -2.47. The summed E-state index contributed by atoms with van der Waals surface area (Å²) in [7, 11) is 2.21. The fourth-order valence-electron chi connectivity index (χ4n) is 4.56. The number of aromatic nitrogens is 3. The summed E-state index contributed by atoms with van der Waals surface area (Å²) in [6.45, 7) is 3.36. The van der Waals surface area contributed by atoms with Gasteiger partial charge in [0.2, 0.25) is 15.9 Å². The Hall–Kier alpha value is -2.97. The highest BCUT2D eigenvalue weighted by molar-refractivity contribution is 7.99. The SMILES string of the molecule is COc1cccc(C2SCN(NS(=O)(=O)[C@H](C)[C@@H](OC)c3cnc(C)nc3)C2c2c(OC)cccc2OC)n1. The molecule has 2 aromatic heterocycles. The van der Waals surface area contributed by atoms with E-state index in [1.54, 1.807) is 70.4 Å². The third-order valence-electron chi connectivity index (χ3n) is 6.57.